The molecule has 0 aromatic heterocycles. The van der Waals surface area contributed by atoms with Crippen LogP contribution in [0.15, 0.2) is 58.3 Å². The van der Waals surface area contributed by atoms with E-state index in [4.69, 9.17) is 9.88 Å². The molecule has 1 fully saturated rings. The van der Waals surface area contributed by atoms with Crippen molar-refractivity contribution in [2.45, 2.75) is 36.1 Å². The number of amides is 1. The number of hydrogen-bond donors (Lipinski definition) is 2. The van der Waals surface area contributed by atoms with Crippen LogP contribution in [-0.4, -0.2) is 46.7 Å². The molecule has 0 atom stereocenters. The molecule has 0 aliphatic carbocycles. The summed E-state index contributed by atoms with van der Waals surface area (Å²) in [5, 5.41) is 7.90. The molecule has 0 bridgehead atoms. The van der Waals surface area contributed by atoms with Crippen LogP contribution < -0.4 is 15.2 Å². The molecule has 0 saturated carbocycles. The summed E-state index contributed by atoms with van der Waals surface area (Å²) in [6.07, 6.45) is 0.846. The Morgan fingerprint density at radius 1 is 1.00 bits per heavy atom. The molecule has 3 rings (SSSR count). The highest BCUT2D eigenvalue weighted by atomic mass is 32.2. The highest BCUT2D eigenvalue weighted by Crippen LogP contribution is 2.25. The summed E-state index contributed by atoms with van der Waals surface area (Å²) in [7, 11) is -7.39. The summed E-state index contributed by atoms with van der Waals surface area (Å²) in [4.78, 5) is 12.7. The van der Waals surface area contributed by atoms with Gasteiger partial charge in [-0.05, 0) is 61.7 Å². The van der Waals surface area contributed by atoms with E-state index < -0.39 is 20.0 Å². The molecule has 2 aromatic carbocycles. The topological polar surface area (TPSA) is 136 Å². The molecular formula is C21H27N3O6S2. The number of rotatable bonds is 8. The maximum absolute atomic E-state index is 12.9. The highest BCUT2D eigenvalue weighted by Gasteiger charge is 2.32. The van der Waals surface area contributed by atoms with Gasteiger partial charge < -0.3 is 10.1 Å². The zero-order valence-electron chi connectivity index (χ0n) is 17.7. The van der Waals surface area contributed by atoms with E-state index in [-0.39, 0.29) is 41.3 Å². The fourth-order valence-electron chi connectivity index (χ4n) is 3.51. The minimum Gasteiger partial charge on any atom is -0.494 e. The van der Waals surface area contributed by atoms with Crippen LogP contribution in [0.1, 0.15) is 25.3 Å². The van der Waals surface area contributed by atoms with Gasteiger partial charge in [0.15, 0.2) is 0 Å². The van der Waals surface area contributed by atoms with Gasteiger partial charge in [-0.15, -0.1) is 0 Å². The van der Waals surface area contributed by atoms with E-state index in [1.165, 1.54) is 28.6 Å². The smallest absolute Gasteiger partial charge is 0.243 e. The fraction of sp³-hybridized carbons (Fsp3) is 0.381. The third-order valence-electron chi connectivity index (χ3n) is 5.32. The molecule has 1 aliphatic heterocycles. The number of piperidine rings is 1. The number of benzene rings is 2. The zero-order chi connectivity index (χ0) is 23.4. The van der Waals surface area contributed by atoms with Gasteiger partial charge in [0.25, 0.3) is 0 Å². The van der Waals surface area contributed by atoms with E-state index in [1.807, 2.05) is 6.92 Å². The predicted molar refractivity (Wildman–Crippen MR) is 119 cm³/mol. The van der Waals surface area contributed by atoms with Gasteiger partial charge >= 0.3 is 0 Å². The van der Waals surface area contributed by atoms with Crippen LogP contribution in [-0.2, 0) is 31.4 Å². The molecule has 1 heterocycles. The SMILES string of the molecule is CCOc1ccc(S(=O)(=O)N2CCC(C(=O)NCc3ccc(S(N)(=O)=O)cc3)CC2)cc1. The molecule has 1 amide bonds. The maximum atomic E-state index is 12.9. The lowest BCUT2D eigenvalue weighted by molar-refractivity contribution is -0.126. The van der Waals surface area contributed by atoms with E-state index in [9.17, 15) is 21.6 Å². The van der Waals surface area contributed by atoms with Crippen LogP contribution >= 0.6 is 0 Å². The van der Waals surface area contributed by atoms with Gasteiger partial charge in [0.2, 0.25) is 26.0 Å². The number of ether oxygens (including phenoxy) is 1. The third kappa shape index (κ3) is 5.85. The largest absolute Gasteiger partial charge is 0.494 e. The average Bonchev–Trinajstić information content (AvgIpc) is 2.78. The third-order valence-corrected chi connectivity index (χ3v) is 8.16. The number of carbonyl (C=O) groups is 1. The van der Waals surface area contributed by atoms with Crippen molar-refractivity contribution < 1.29 is 26.4 Å². The van der Waals surface area contributed by atoms with Gasteiger partial charge in [0.1, 0.15) is 5.75 Å². The molecule has 1 saturated heterocycles. The first-order valence-corrected chi connectivity index (χ1v) is 13.2. The van der Waals surface area contributed by atoms with Gasteiger partial charge in [0, 0.05) is 25.6 Å². The van der Waals surface area contributed by atoms with Crippen molar-refractivity contribution in [2.75, 3.05) is 19.7 Å². The Morgan fingerprint density at radius 2 is 1.56 bits per heavy atom. The average molecular weight is 482 g/mol. The molecule has 9 nitrogen and oxygen atoms in total. The normalized spacial score (nSPS) is 15.9. The molecule has 2 aromatic rings. The monoisotopic (exact) mass is 481 g/mol. The molecule has 3 N–H and O–H groups in total. The summed E-state index contributed by atoms with van der Waals surface area (Å²) < 4.78 is 55.1. The standard InChI is InChI=1S/C21H27N3O6S2/c1-2-30-18-5-9-20(10-6-18)32(28,29)24-13-11-17(12-14-24)21(25)23-15-16-3-7-19(8-4-16)31(22,26)27/h3-10,17H,2,11-15H2,1H3,(H,23,25)(H2,22,26,27). The highest BCUT2D eigenvalue weighted by molar-refractivity contribution is 7.89. The quantitative estimate of drug-likeness (QED) is 0.586. The molecule has 0 spiro atoms. The van der Waals surface area contributed by atoms with Crippen LogP contribution in [0.25, 0.3) is 0 Å². The van der Waals surface area contributed by atoms with Crippen LogP contribution in [0.4, 0.5) is 0 Å². The Kier molecular flexibility index (Phi) is 7.55. The molecule has 1 aliphatic rings. The number of nitrogens with zero attached hydrogens (tertiary/aromatic N) is 1. The van der Waals surface area contributed by atoms with Crippen LogP contribution in [0, 0.1) is 5.92 Å². The Hall–Kier alpha value is -2.47. The molecule has 32 heavy (non-hydrogen) atoms. The Morgan fingerprint density at radius 3 is 2.09 bits per heavy atom. The summed E-state index contributed by atoms with van der Waals surface area (Å²) in [5.41, 5.74) is 0.737. The van der Waals surface area contributed by atoms with Gasteiger partial charge in [-0.25, -0.2) is 22.0 Å². The number of nitrogens with two attached hydrogens (primary N) is 1. The van der Waals surface area contributed by atoms with E-state index in [0.29, 0.717) is 25.2 Å². The van der Waals surface area contributed by atoms with Gasteiger partial charge in [-0.1, -0.05) is 12.1 Å². The van der Waals surface area contributed by atoms with E-state index in [0.717, 1.165) is 5.56 Å². The van der Waals surface area contributed by atoms with Crippen molar-refractivity contribution in [3.8, 4) is 5.75 Å². The van der Waals surface area contributed by atoms with Gasteiger partial charge in [-0.2, -0.15) is 4.31 Å². The zero-order valence-corrected chi connectivity index (χ0v) is 19.4. The van der Waals surface area contributed by atoms with Crippen molar-refractivity contribution >= 4 is 26.0 Å². The molecule has 174 valence electrons. The number of primary sulfonamides is 1. The second kappa shape index (κ2) is 9.99. The second-order valence-corrected chi connectivity index (χ2v) is 11.0. The van der Waals surface area contributed by atoms with Crippen molar-refractivity contribution in [3.63, 3.8) is 0 Å². The number of hydrogen-bond acceptors (Lipinski definition) is 6. The minimum absolute atomic E-state index is 0.00804. The van der Waals surface area contributed by atoms with Crippen molar-refractivity contribution in [1.82, 2.24) is 9.62 Å². The lowest BCUT2D eigenvalue weighted by Gasteiger charge is -2.30. The van der Waals surface area contributed by atoms with E-state index in [2.05, 4.69) is 5.32 Å². The van der Waals surface area contributed by atoms with Crippen LogP contribution in [0.3, 0.4) is 0 Å². The summed E-state index contributed by atoms with van der Waals surface area (Å²) in [6, 6.07) is 12.3. The van der Waals surface area contributed by atoms with Crippen molar-refractivity contribution in [1.29, 1.82) is 0 Å². The Labute approximate surface area is 188 Å². The van der Waals surface area contributed by atoms with E-state index >= 15 is 0 Å². The van der Waals surface area contributed by atoms with Crippen LogP contribution in [0.2, 0.25) is 0 Å². The summed E-state index contributed by atoms with van der Waals surface area (Å²) in [5.74, 6) is 0.172. The Balaban J connectivity index is 1.52. The molecule has 11 heteroatoms. The van der Waals surface area contributed by atoms with Gasteiger partial charge in [0.05, 0.1) is 16.4 Å². The lowest BCUT2D eigenvalue weighted by atomic mass is 9.97. The number of nitrogens with one attached hydrogen (secondary N) is 1. The Bertz CT molecular complexity index is 1140. The fourth-order valence-corrected chi connectivity index (χ4v) is 5.50. The number of sulfonamides is 2. The first-order valence-electron chi connectivity index (χ1n) is 10.2. The number of carbonyl (C=O) groups excluding carboxylic acids is 1. The second-order valence-electron chi connectivity index (χ2n) is 7.49. The molecule has 0 radical (unpaired) electrons. The molecule has 0 unspecified atom stereocenters. The predicted octanol–water partition coefficient (Wildman–Crippen LogP) is 1.45. The summed E-state index contributed by atoms with van der Waals surface area (Å²) in [6.45, 7) is 3.12. The first-order chi connectivity index (χ1) is 15.1. The first kappa shape index (κ1) is 24.2. The maximum Gasteiger partial charge on any atom is 0.243 e. The van der Waals surface area contributed by atoms with Crippen molar-refractivity contribution in [3.05, 3.63) is 54.1 Å². The summed E-state index contributed by atoms with van der Waals surface area (Å²) >= 11 is 0. The minimum atomic E-state index is -3.76. The van der Waals surface area contributed by atoms with Gasteiger partial charge in [-0.3, -0.25) is 4.79 Å². The molecular weight excluding hydrogens is 454 g/mol. The van der Waals surface area contributed by atoms with Crippen molar-refractivity contribution in [2.24, 2.45) is 11.1 Å². The van der Waals surface area contributed by atoms with E-state index in [1.54, 1.807) is 24.3 Å². The van der Waals surface area contributed by atoms with Crippen LogP contribution in [0.5, 0.6) is 5.75 Å². The lowest BCUT2D eigenvalue weighted by Crippen LogP contribution is -2.42.